The van der Waals surface area contributed by atoms with Gasteiger partial charge in [-0.1, -0.05) is 33.1 Å². The number of hydrogen-bond donors (Lipinski definition) is 2. The number of nitrogens with zero attached hydrogens (tertiary/aromatic N) is 2. The van der Waals surface area contributed by atoms with Gasteiger partial charge in [-0.3, -0.25) is 4.79 Å². The Bertz CT molecular complexity index is 597. The van der Waals surface area contributed by atoms with E-state index in [4.69, 9.17) is 10.5 Å². The zero-order chi connectivity index (χ0) is 17.2. The molecule has 132 valence electrons. The summed E-state index contributed by atoms with van der Waals surface area (Å²) in [7, 11) is 0. The molecule has 1 saturated carbocycles. The summed E-state index contributed by atoms with van der Waals surface area (Å²) in [6.07, 6.45) is 7.64. The molecule has 0 aromatic carbocycles. The molecule has 1 aromatic heterocycles. The number of carbonyl (C=O) groups excluding carboxylic acids is 1. The number of nitrogens with two attached hydrogens (primary N) is 1. The zero-order valence-corrected chi connectivity index (χ0v) is 14.7. The summed E-state index contributed by atoms with van der Waals surface area (Å²) in [4.78, 5) is 20.9. The van der Waals surface area contributed by atoms with Gasteiger partial charge < -0.3 is 15.8 Å². The van der Waals surface area contributed by atoms with Gasteiger partial charge in [-0.15, -0.1) is 0 Å². The Balaban J connectivity index is 1.64. The molecule has 0 radical (unpaired) electrons. The highest BCUT2D eigenvalue weighted by Crippen LogP contribution is 2.39. The number of ether oxygens (including phenoxy) is 1. The SMILES string of the molecule is CC(C)Cc1cc(C(=O)N[C@H]2COC3(CCCCC3)C2)nc(N)n1. The molecule has 24 heavy (non-hydrogen) atoms. The fourth-order valence-corrected chi connectivity index (χ4v) is 3.90. The van der Waals surface area contributed by atoms with Crippen LogP contribution in [-0.2, 0) is 11.2 Å². The van der Waals surface area contributed by atoms with Gasteiger partial charge in [0.2, 0.25) is 5.95 Å². The van der Waals surface area contributed by atoms with Crippen molar-refractivity contribution in [2.75, 3.05) is 12.3 Å². The molecular weight excluding hydrogens is 304 g/mol. The molecule has 3 rings (SSSR count). The van der Waals surface area contributed by atoms with E-state index in [9.17, 15) is 4.79 Å². The number of anilines is 1. The number of aromatic nitrogens is 2. The smallest absolute Gasteiger partial charge is 0.270 e. The molecule has 1 spiro atoms. The molecule has 3 N–H and O–H groups in total. The van der Waals surface area contributed by atoms with E-state index in [1.54, 1.807) is 6.07 Å². The highest BCUT2D eigenvalue weighted by atomic mass is 16.5. The minimum Gasteiger partial charge on any atom is -0.373 e. The van der Waals surface area contributed by atoms with E-state index in [0.29, 0.717) is 18.2 Å². The van der Waals surface area contributed by atoms with Gasteiger partial charge in [0.05, 0.1) is 18.2 Å². The van der Waals surface area contributed by atoms with Crippen molar-refractivity contribution in [1.29, 1.82) is 0 Å². The Labute approximate surface area is 143 Å². The van der Waals surface area contributed by atoms with Gasteiger partial charge in [0, 0.05) is 5.69 Å². The molecule has 1 aromatic rings. The molecule has 0 unspecified atom stereocenters. The number of amides is 1. The minimum absolute atomic E-state index is 0.0102. The molecule has 1 aliphatic heterocycles. The lowest BCUT2D eigenvalue weighted by atomic mass is 9.82. The monoisotopic (exact) mass is 332 g/mol. The van der Waals surface area contributed by atoms with Crippen LogP contribution in [0.15, 0.2) is 6.07 Å². The number of rotatable bonds is 4. The van der Waals surface area contributed by atoms with Crippen LogP contribution in [0.3, 0.4) is 0 Å². The van der Waals surface area contributed by atoms with Crippen molar-refractivity contribution in [2.45, 2.75) is 70.4 Å². The van der Waals surface area contributed by atoms with Crippen molar-refractivity contribution in [2.24, 2.45) is 5.92 Å². The normalized spacial score (nSPS) is 22.9. The number of nitrogens with one attached hydrogen (secondary N) is 1. The summed E-state index contributed by atoms with van der Waals surface area (Å²) >= 11 is 0. The van der Waals surface area contributed by atoms with Gasteiger partial charge in [0.15, 0.2) is 0 Å². The standard InChI is InChI=1S/C18H28N4O2/c1-12(2)8-13-9-15(22-17(19)21-13)16(23)20-14-10-18(24-11-14)6-4-3-5-7-18/h9,12,14H,3-8,10-11H2,1-2H3,(H,20,23)(H2,19,21,22)/t14-/m1/s1. The Kier molecular flexibility index (Phi) is 5.04. The van der Waals surface area contributed by atoms with Gasteiger partial charge in [0.1, 0.15) is 5.69 Å². The highest BCUT2D eigenvalue weighted by molar-refractivity contribution is 5.92. The van der Waals surface area contributed by atoms with Crippen molar-refractivity contribution in [1.82, 2.24) is 15.3 Å². The van der Waals surface area contributed by atoms with E-state index in [2.05, 4.69) is 29.1 Å². The van der Waals surface area contributed by atoms with E-state index in [1.165, 1.54) is 19.3 Å². The fraction of sp³-hybridized carbons (Fsp3) is 0.722. The quantitative estimate of drug-likeness (QED) is 0.884. The molecule has 1 amide bonds. The van der Waals surface area contributed by atoms with Crippen LogP contribution in [-0.4, -0.2) is 34.1 Å². The summed E-state index contributed by atoms with van der Waals surface area (Å²) in [5.41, 5.74) is 6.92. The van der Waals surface area contributed by atoms with Crippen molar-refractivity contribution < 1.29 is 9.53 Å². The largest absolute Gasteiger partial charge is 0.373 e. The Morgan fingerprint density at radius 1 is 1.38 bits per heavy atom. The summed E-state index contributed by atoms with van der Waals surface area (Å²) in [5.74, 6) is 0.421. The highest BCUT2D eigenvalue weighted by Gasteiger charge is 2.41. The first-order valence-corrected chi connectivity index (χ1v) is 9.04. The second kappa shape index (κ2) is 7.05. The van der Waals surface area contributed by atoms with Crippen LogP contribution >= 0.6 is 0 Å². The maximum absolute atomic E-state index is 12.5. The molecular formula is C18H28N4O2. The summed E-state index contributed by atoms with van der Waals surface area (Å²) in [6, 6.07) is 1.80. The molecule has 2 fully saturated rings. The second-order valence-corrected chi connectivity index (χ2v) is 7.63. The van der Waals surface area contributed by atoms with Crippen molar-refractivity contribution in [3.05, 3.63) is 17.5 Å². The number of hydrogen-bond acceptors (Lipinski definition) is 5. The maximum Gasteiger partial charge on any atom is 0.270 e. The van der Waals surface area contributed by atoms with Crippen LogP contribution in [0.1, 0.15) is 68.6 Å². The van der Waals surface area contributed by atoms with Gasteiger partial charge in [-0.05, 0) is 37.7 Å². The van der Waals surface area contributed by atoms with E-state index in [-0.39, 0.29) is 23.5 Å². The van der Waals surface area contributed by atoms with Gasteiger partial charge >= 0.3 is 0 Å². The van der Waals surface area contributed by atoms with Crippen LogP contribution < -0.4 is 11.1 Å². The van der Waals surface area contributed by atoms with Gasteiger partial charge in [-0.2, -0.15) is 0 Å². The average Bonchev–Trinajstić information content (AvgIpc) is 2.89. The first-order chi connectivity index (χ1) is 11.5. The lowest BCUT2D eigenvalue weighted by Crippen LogP contribution is -2.38. The van der Waals surface area contributed by atoms with Crippen molar-refractivity contribution >= 4 is 11.9 Å². The average molecular weight is 332 g/mol. The van der Waals surface area contributed by atoms with Crippen molar-refractivity contribution in [3.63, 3.8) is 0 Å². The van der Waals surface area contributed by atoms with E-state index in [1.807, 2.05) is 0 Å². The fourth-order valence-electron chi connectivity index (χ4n) is 3.90. The molecule has 1 saturated heterocycles. The van der Waals surface area contributed by atoms with Crippen LogP contribution in [0, 0.1) is 5.92 Å². The molecule has 1 aliphatic carbocycles. The summed E-state index contributed by atoms with van der Waals surface area (Å²) in [5, 5.41) is 3.06. The lowest BCUT2D eigenvalue weighted by Gasteiger charge is -2.32. The van der Waals surface area contributed by atoms with E-state index >= 15 is 0 Å². The Morgan fingerprint density at radius 3 is 2.83 bits per heavy atom. The predicted octanol–water partition coefficient (Wildman–Crippen LogP) is 2.48. The molecule has 6 heteroatoms. The van der Waals surface area contributed by atoms with Crippen LogP contribution in [0.4, 0.5) is 5.95 Å². The minimum atomic E-state index is -0.185. The summed E-state index contributed by atoms with van der Waals surface area (Å²) < 4.78 is 6.06. The maximum atomic E-state index is 12.5. The Morgan fingerprint density at radius 2 is 2.12 bits per heavy atom. The summed E-state index contributed by atoms with van der Waals surface area (Å²) in [6.45, 7) is 4.81. The zero-order valence-electron chi connectivity index (χ0n) is 14.7. The number of carbonyl (C=O) groups is 1. The van der Waals surface area contributed by atoms with E-state index < -0.39 is 0 Å². The third kappa shape index (κ3) is 4.04. The third-order valence-corrected chi connectivity index (χ3v) is 4.96. The van der Waals surface area contributed by atoms with Crippen LogP contribution in [0.2, 0.25) is 0 Å². The van der Waals surface area contributed by atoms with Gasteiger partial charge in [0.25, 0.3) is 5.91 Å². The second-order valence-electron chi connectivity index (χ2n) is 7.63. The van der Waals surface area contributed by atoms with Crippen LogP contribution in [0.25, 0.3) is 0 Å². The molecule has 2 aliphatic rings. The molecule has 0 bridgehead atoms. The first-order valence-electron chi connectivity index (χ1n) is 9.04. The number of nitrogen functional groups attached to an aromatic ring is 1. The topological polar surface area (TPSA) is 90.1 Å². The molecule has 6 nitrogen and oxygen atoms in total. The third-order valence-electron chi connectivity index (χ3n) is 4.96. The molecule has 2 heterocycles. The first kappa shape index (κ1) is 17.1. The van der Waals surface area contributed by atoms with Gasteiger partial charge in [-0.25, -0.2) is 9.97 Å². The Hall–Kier alpha value is -1.69. The van der Waals surface area contributed by atoms with E-state index in [0.717, 1.165) is 31.4 Å². The predicted molar refractivity (Wildman–Crippen MR) is 92.6 cm³/mol. The van der Waals surface area contributed by atoms with Crippen molar-refractivity contribution in [3.8, 4) is 0 Å². The lowest BCUT2D eigenvalue weighted by molar-refractivity contribution is -0.0246. The molecule has 1 atom stereocenters. The van der Waals surface area contributed by atoms with Crippen LogP contribution in [0.5, 0.6) is 0 Å².